The van der Waals surface area contributed by atoms with Crippen molar-refractivity contribution >= 4 is 27.5 Å². The predicted octanol–water partition coefficient (Wildman–Crippen LogP) is 2.49. The van der Waals surface area contributed by atoms with Crippen molar-refractivity contribution in [3.63, 3.8) is 0 Å². The molecule has 2 unspecified atom stereocenters. The molecule has 1 aromatic heterocycles. The first-order valence-electron chi connectivity index (χ1n) is 10.9. The number of hydrogen-bond donors (Lipinski definition) is 1. The van der Waals surface area contributed by atoms with Gasteiger partial charge >= 0.3 is 0 Å². The van der Waals surface area contributed by atoms with Crippen LogP contribution in [0.5, 0.6) is 0 Å². The molecule has 0 aliphatic carbocycles. The molecule has 1 aromatic carbocycles. The number of likely N-dealkylation sites (tertiary alicyclic amines) is 1. The highest BCUT2D eigenvalue weighted by molar-refractivity contribution is 7.89. The normalized spacial score (nSPS) is 22.2. The largest absolute Gasteiger partial charge is 0.338 e. The lowest BCUT2D eigenvalue weighted by Crippen LogP contribution is -2.43. The van der Waals surface area contributed by atoms with Crippen LogP contribution in [0.4, 0.5) is 5.69 Å². The Morgan fingerprint density at radius 2 is 1.88 bits per heavy atom. The van der Waals surface area contributed by atoms with Crippen LogP contribution in [-0.2, 0) is 26.2 Å². The number of nitrogens with one attached hydrogen (secondary N) is 1. The summed E-state index contributed by atoms with van der Waals surface area (Å²) in [6.45, 7) is 3.40. The second-order valence-corrected chi connectivity index (χ2v) is 10.5. The molecule has 0 bridgehead atoms. The number of hydrogen-bond acceptors (Lipinski definition) is 5. The fourth-order valence-corrected chi connectivity index (χ4v) is 6.11. The summed E-state index contributed by atoms with van der Waals surface area (Å²) in [5, 5.41) is 2.64. The molecular formula is C23H28N4O4S. The summed E-state index contributed by atoms with van der Waals surface area (Å²) in [4.78, 5) is 30.2. The second-order valence-electron chi connectivity index (χ2n) is 8.55. The smallest absolute Gasteiger partial charge is 0.243 e. The third-order valence-electron chi connectivity index (χ3n) is 6.32. The van der Waals surface area contributed by atoms with Gasteiger partial charge in [0.15, 0.2) is 0 Å². The Balaban J connectivity index is 1.43. The molecule has 2 atom stereocenters. The highest BCUT2D eigenvalue weighted by atomic mass is 32.2. The van der Waals surface area contributed by atoms with E-state index in [-0.39, 0.29) is 28.5 Å². The van der Waals surface area contributed by atoms with Crippen molar-refractivity contribution < 1.29 is 18.0 Å². The molecule has 2 saturated heterocycles. The van der Waals surface area contributed by atoms with E-state index >= 15 is 0 Å². The summed E-state index contributed by atoms with van der Waals surface area (Å²) in [6.07, 6.45) is 5.41. The molecule has 0 radical (unpaired) electrons. The maximum absolute atomic E-state index is 13.2. The number of benzene rings is 1. The summed E-state index contributed by atoms with van der Waals surface area (Å²) in [5.74, 6) is 0.282. The number of fused-ring (bicyclic) bond motifs is 1. The molecule has 1 N–H and O–H groups in total. The third-order valence-corrected chi connectivity index (χ3v) is 8.20. The van der Waals surface area contributed by atoms with Crippen LogP contribution >= 0.6 is 0 Å². The van der Waals surface area contributed by atoms with Gasteiger partial charge in [-0.1, -0.05) is 6.07 Å². The van der Waals surface area contributed by atoms with Crippen molar-refractivity contribution in [3.8, 4) is 0 Å². The van der Waals surface area contributed by atoms with Gasteiger partial charge in [-0.2, -0.15) is 4.31 Å². The number of amides is 2. The fraction of sp³-hybridized carbons (Fsp3) is 0.435. The molecule has 2 aliphatic rings. The number of aromatic nitrogens is 1. The average Bonchev–Trinajstić information content (AvgIpc) is 2.92. The van der Waals surface area contributed by atoms with Crippen LogP contribution in [0.1, 0.15) is 31.7 Å². The highest BCUT2D eigenvalue weighted by Gasteiger charge is 2.38. The maximum Gasteiger partial charge on any atom is 0.243 e. The van der Waals surface area contributed by atoms with Gasteiger partial charge in [0.1, 0.15) is 0 Å². The first-order chi connectivity index (χ1) is 15.3. The van der Waals surface area contributed by atoms with Gasteiger partial charge in [0, 0.05) is 57.6 Å². The molecule has 170 valence electrons. The monoisotopic (exact) mass is 456 g/mol. The van der Waals surface area contributed by atoms with Gasteiger partial charge in [-0.15, -0.1) is 0 Å². The van der Waals surface area contributed by atoms with Gasteiger partial charge in [-0.25, -0.2) is 8.42 Å². The molecule has 2 aromatic rings. The Bertz CT molecular complexity index is 1070. The molecule has 2 aliphatic heterocycles. The van der Waals surface area contributed by atoms with Crippen LogP contribution in [0.25, 0.3) is 0 Å². The SMILES string of the molecule is CC(=O)Nc1ccc(S(=O)(=O)N2CCC3CC(=O)N(Cc4cccnc4)CCC3C2)cc1. The molecular weight excluding hydrogens is 428 g/mol. The standard InChI is InChI=1S/C23H28N4O4S/c1-17(28)25-21-4-6-22(7-5-21)32(30,31)27-12-9-19-13-23(29)26(11-8-20(19)16-27)15-18-3-2-10-24-14-18/h2-7,10,14,19-20H,8-9,11-13,15-16H2,1H3,(H,25,28). The summed E-state index contributed by atoms with van der Waals surface area (Å²) in [6, 6.07) is 10.1. The van der Waals surface area contributed by atoms with Gasteiger partial charge in [0.2, 0.25) is 21.8 Å². The minimum absolute atomic E-state index is 0.131. The molecule has 4 rings (SSSR count). The number of nitrogens with zero attached hydrogens (tertiary/aromatic N) is 3. The van der Waals surface area contributed by atoms with Crippen LogP contribution in [0, 0.1) is 11.8 Å². The quantitative estimate of drug-likeness (QED) is 0.745. The van der Waals surface area contributed by atoms with E-state index in [0.717, 1.165) is 12.0 Å². The maximum atomic E-state index is 13.2. The van der Waals surface area contributed by atoms with Gasteiger partial charge in [0.05, 0.1) is 4.90 Å². The van der Waals surface area contributed by atoms with Crippen molar-refractivity contribution in [2.45, 2.75) is 37.6 Å². The summed E-state index contributed by atoms with van der Waals surface area (Å²) >= 11 is 0. The fourth-order valence-electron chi connectivity index (χ4n) is 4.60. The van der Waals surface area contributed by atoms with Crippen LogP contribution in [-0.4, -0.2) is 54.1 Å². The Labute approximate surface area is 188 Å². The molecule has 2 fully saturated rings. The average molecular weight is 457 g/mol. The lowest BCUT2D eigenvalue weighted by atomic mass is 9.83. The van der Waals surface area contributed by atoms with Crippen molar-refractivity contribution in [1.82, 2.24) is 14.2 Å². The van der Waals surface area contributed by atoms with Crippen LogP contribution in [0.3, 0.4) is 0 Å². The van der Waals surface area contributed by atoms with Gasteiger partial charge in [0.25, 0.3) is 0 Å². The number of carbonyl (C=O) groups is 2. The minimum Gasteiger partial charge on any atom is -0.338 e. The number of anilines is 1. The summed E-state index contributed by atoms with van der Waals surface area (Å²) in [7, 11) is -3.63. The minimum atomic E-state index is -3.63. The molecule has 2 amide bonds. The molecule has 9 heteroatoms. The van der Waals surface area contributed by atoms with Crippen LogP contribution < -0.4 is 5.32 Å². The van der Waals surface area contributed by atoms with Crippen molar-refractivity contribution in [2.75, 3.05) is 25.0 Å². The van der Waals surface area contributed by atoms with Crippen molar-refractivity contribution in [2.24, 2.45) is 11.8 Å². The number of pyridine rings is 1. The second kappa shape index (κ2) is 9.38. The van der Waals surface area contributed by atoms with E-state index in [1.54, 1.807) is 28.8 Å². The highest BCUT2D eigenvalue weighted by Crippen LogP contribution is 2.35. The van der Waals surface area contributed by atoms with E-state index in [9.17, 15) is 18.0 Å². The van der Waals surface area contributed by atoms with Gasteiger partial charge < -0.3 is 10.2 Å². The van der Waals surface area contributed by atoms with Crippen molar-refractivity contribution in [3.05, 3.63) is 54.4 Å². The van der Waals surface area contributed by atoms with Crippen LogP contribution in [0.2, 0.25) is 0 Å². The number of carbonyl (C=O) groups excluding carboxylic acids is 2. The molecule has 0 spiro atoms. The number of rotatable bonds is 5. The summed E-state index contributed by atoms with van der Waals surface area (Å²) < 4.78 is 28.0. The number of piperidine rings is 1. The Morgan fingerprint density at radius 1 is 1.12 bits per heavy atom. The molecule has 0 saturated carbocycles. The number of sulfonamides is 1. The zero-order valence-electron chi connectivity index (χ0n) is 18.1. The first kappa shape index (κ1) is 22.4. The topological polar surface area (TPSA) is 99.7 Å². The van der Waals surface area contributed by atoms with Crippen molar-refractivity contribution in [1.29, 1.82) is 0 Å². The Hall–Kier alpha value is -2.78. The summed E-state index contributed by atoms with van der Waals surface area (Å²) in [5.41, 5.74) is 1.56. The van der Waals surface area contributed by atoms with E-state index < -0.39 is 10.0 Å². The molecule has 3 heterocycles. The third kappa shape index (κ3) is 4.99. The Kier molecular flexibility index (Phi) is 6.57. The van der Waals surface area contributed by atoms with E-state index in [4.69, 9.17) is 0 Å². The first-order valence-corrected chi connectivity index (χ1v) is 12.3. The van der Waals surface area contributed by atoms with E-state index in [1.807, 2.05) is 17.0 Å². The molecule has 8 nitrogen and oxygen atoms in total. The van der Waals surface area contributed by atoms with Gasteiger partial charge in [-0.05, 0) is 60.6 Å². The Morgan fingerprint density at radius 3 is 2.56 bits per heavy atom. The predicted molar refractivity (Wildman–Crippen MR) is 120 cm³/mol. The van der Waals surface area contributed by atoms with Crippen LogP contribution in [0.15, 0.2) is 53.7 Å². The van der Waals surface area contributed by atoms with E-state index in [2.05, 4.69) is 10.3 Å². The van der Waals surface area contributed by atoms with Gasteiger partial charge in [-0.3, -0.25) is 14.6 Å². The zero-order valence-corrected chi connectivity index (χ0v) is 18.9. The lowest BCUT2D eigenvalue weighted by Gasteiger charge is -2.36. The lowest BCUT2D eigenvalue weighted by molar-refractivity contribution is -0.132. The zero-order chi connectivity index (χ0) is 22.7. The van der Waals surface area contributed by atoms with E-state index in [1.165, 1.54) is 19.1 Å². The molecule has 32 heavy (non-hydrogen) atoms. The van der Waals surface area contributed by atoms with E-state index in [0.29, 0.717) is 44.7 Å².